The van der Waals surface area contributed by atoms with Crippen molar-refractivity contribution in [3.8, 4) is 0 Å². The third-order valence-corrected chi connectivity index (χ3v) is 5.08. The molecule has 0 aliphatic rings. The highest BCUT2D eigenvalue weighted by Gasteiger charge is 2.11. The second-order valence-electron chi connectivity index (χ2n) is 4.33. The Morgan fingerprint density at radius 1 is 1.37 bits per heavy atom. The summed E-state index contributed by atoms with van der Waals surface area (Å²) in [5.41, 5.74) is 1.40. The maximum absolute atomic E-state index is 3.63. The largest absolute Gasteiger partial charge is 0.309 e. The van der Waals surface area contributed by atoms with Gasteiger partial charge in [0.25, 0.3) is 0 Å². The van der Waals surface area contributed by atoms with E-state index in [9.17, 15) is 0 Å². The van der Waals surface area contributed by atoms with Crippen LogP contribution in [-0.2, 0) is 0 Å². The summed E-state index contributed by atoms with van der Waals surface area (Å²) in [6.07, 6.45) is 1.17. The third kappa shape index (κ3) is 4.95. The molecule has 1 atom stereocenters. The van der Waals surface area contributed by atoms with E-state index in [0.717, 1.165) is 16.8 Å². The minimum absolute atomic E-state index is 0.440. The predicted molar refractivity (Wildman–Crippen MR) is 90.2 cm³/mol. The number of rotatable bonds is 7. The van der Waals surface area contributed by atoms with E-state index in [-0.39, 0.29) is 0 Å². The highest BCUT2D eigenvalue weighted by molar-refractivity contribution is 9.10. The quantitative estimate of drug-likeness (QED) is 0.672. The lowest BCUT2D eigenvalue weighted by Crippen LogP contribution is -2.23. The van der Waals surface area contributed by atoms with E-state index in [2.05, 4.69) is 69.3 Å². The molecule has 1 aromatic heterocycles. The lowest BCUT2D eigenvalue weighted by Gasteiger charge is -2.17. The van der Waals surface area contributed by atoms with Gasteiger partial charge in [0, 0.05) is 21.2 Å². The van der Waals surface area contributed by atoms with Crippen LogP contribution >= 0.6 is 39.0 Å². The van der Waals surface area contributed by atoms with Crippen molar-refractivity contribution in [2.24, 2.45) is 0 Å². The molecular formula is C15H18BrNS2. The molecule has 1 nitrogen and oxygen atoms in total. The number of halogens is 1. The lowest BCUT2D eigenvalue weighted by atomic mass is 10.2. The molecule has 1 N–H and O–H groups in total. The summed E-state index contributed by atoms with van der Waals surface area (Å²) in [6.45, 7) is 3.28. The molecule has 0 spiro atoms. The second kappa shape index (κ2) is 8.10. The van der Waals surface area contributed by atoms with E-state index in [1.165, 1.54) is 16.9 Å². The van der Waals surface area contributed by atoms with Crippen LogP contribution in [0, 0.1) is 0 Å². The van der Waals surface area contributed by atoms with Gasteiger partial charge in [-0.3, -0.25) is 0 Å². The zero-order chi connectivity index (χ0) is 13.5. The van der Waals surface area contributed by atoms with Crippen LogP contribution in [0.1, 0.15) is 24.9 Å². The van der Waals surface area contributed by atoms with E-state index in [1.807, 2.05) is 11.8 Å². The fourth-order valence-electron chi connectivity index (χ4n) is 1.80. The van der Waals surface area contributed by atoms with Gasteiger partial charge in [-0.05, 0) is 53.6 Å². The number of thiophene rings is 1. The Morgan fingerprint density at radius 2 is 2.26 bits per heavy atom. The van der Waals surface area contributed by atoms with Crippen LogP contribution in [0.3, 0.4) is 0 Å². The molecule has 0 bridgehead atoms. The molecule has 19 heavy (non-hydrogen) atoms. The minimum atomic E-state index is 0.440. The van der Waals surface area contributed by atoms with Gasteiger partial charge in [0.1, 0.15) is 0 Å². The van der Waals surface area contributed by atoms with Gasteiger partial charge in [0.15, 0.2) is 0 Å². The molecule has 0 amide bonds. The summed E-state index contributed by atoms with van der Waals surface area (Å²) in [5, 5.41) is 8.03. The Labute approximate surface area is 131 Å². The standard InChI is InChI=1S/C15H18BrNS2/c1-2-7-17-15(12-6-8-18-10-12)11-19-14-5-3-4-13(16)9-14/h3-6,8-10,15,17H,2,7,11H2,1H3. The van der Waals surface area contributed by atoms with E-state index in [0.29, 0.717) is 6.04 Å². The van der Waals surface area contributed by atoms with Crippen LogP contribution in [0.2, 0.25) is 0 Å². The normalized spacial score (nSPS) is 12.5. The molecule has 1 heterocycles. The van der Waals surface area contributed by atoms with Gasteiger partial charge in [-0.15, -0.1) is 11.8 Å². The van der Waals surface area contributed by atoms with Gasteiger partial charge in [0.05, 0.1) is 0 Å². The molecule has 0 saturated heterocycles. The van der Waals surface area contributed by atoms with E-state index < -0.39 is 0 Å². The maximum Gasteiger partial charge on any atom is 0.0423 e. The molecule has 2 aromatic rings. The van der Waals surface area contributed by atoms with Crippen molar-refractivity contribution in [1.29, 1.82) is 0 Å². The number of thioether (sulfide) groups is 1. The SMILES string of the molecule is CCCNC(CSc1cccc(Br)c1)c1ccsc1. The number of hydrogen-bond acceptors (Lipinski definition) is 3. The molecule has 0 aliphatic carbocycles. The first-order valence-corrected chi connectivity index (χ1v) is 9.15. The smallest absolute Gasteiger partial charge is 0.0423 e. The van der Waals surface area contributed by atoms with Crippen molar-refractivity contribution in [2.75, 3.05) is 12.3 Å². The van der Waals surface area contributed by atoms with Crippen LogP contribution in [0.4, 0.5) is 0 Å². The van der Waals surface area contributed by atoms with E-state index >= 15 is 0 Å². The Bertz CT molecular complexity index is 485. The third-order valence-electron chi connectivity index (χ3n) is 2.80. The zero-order valence-corrected chi connectivity index (χ0v) is 14.2. The molecule has 4 heteroatoms. The highest BCUT2D eigenvalue weighted by atomic mass is 79.9. The topological polar surface area (TPSA) is 12.0 Å². The first kappa shape index (κ1) is 15.1. The van der Waals surface area contributed by atoms with Crippen LogP contribution in [-0.4, -0.2) is 12.3 Å². The molecule has 102 valence electrons. The summed E-state index contributed by atoms with van der Waals surface area (Å²) in [7, 11) is 0. The minimum Gasteiger partial charge on any atom is -0.309 e. The van der Waals surface area contributed by atoms with Gasteiger partial charge < -0.3 is 5.32 Å². The van der Waals surface area contributed by atoms with Crippen molar-refractivity contribution in [2.45, 2.75) is 24.3 Å². The Balaban J connectivity index is 1.96. The van der Waals surface area contributed by atoms with Gasteiger partial charge in [-0.1, -0.05) is 28.9 Å². The maximum atomic E-state index is 3.63. The lowest BCUT2D eigenvalue weighted by molar-refractivity contribution is 0.579. The molecular weight excluding hydrogens is 338 g/mol. The molecule has 0 fully saturated rings. The Morgan fingerprint density at radius 3 is 2.95 bits per heavy atom. The summed E-state index contributed by atoms with van der Waals surface area (Å²) >= 11 is 7.19. The first-order chi connectivity index (χ1) is 9.29. The first-order valence-electron chi connectivity index (χ1n) is 6.43. The summed E-state index contributed by atoms with van der Waals surface area (Å²) in [5.74, 6) is 1.06. The van der Waals surface area contributed by atoms with Gasteiger partial charge in [-0.25, -0.2) is 0 Å². The van der Waals surface area contributed by atoms with Crippen molar-refractivity contribution in [3.05, 3.63) is 51.1 Å². The average Bonchev–Trinajstić information content (AvgIpc) is 2.93. The van der Waals surface area contributed by atoms with Crippen LogP contribution < -0.4 is 5.32 Å². The Hall–Kier alpha value is -0.290. The molecule has 2 rings (SSSR count). The van der Waals surface area contributed by atoms with Crippen molar-refractivity contribution in [3.63, 3.8) is 0 Å². The summed E-state index contributed by atoms with van der Waals surface area (Å²) in [6, 6.07) is 11.2. The van der Waals surface area contributed by atoms with Crippen molar-refractivity contribution in [1.82, 2.24) is 5.32 Å². The average molecular weight is 356 g/mol. The molecule has 1 aromatic carbocycles. The number of nitrogens with one attached hydrogen (secondary N) is 1. The number of hydrogen-bond donors (Lipinski definition) is 1. The summed E-state index contributed by atoms with van der Waals surface area (Å²) < 4.78 is 1.14. The molecule has 0 saturated carbocycles. The van der Waals surface area contributed by atoms with Gasteiger partial charge in [0.2, 0.25) is 0 Å². The fourth-order valence-corrected chi connectivity index (χ4v) is 4.12. The predicted octanol–water partition coefficient (Wildman–Crippen LogP) is 5.34. The molecule has 0 aliphatic heterocycles. The monoisotopic (exact) mass is 355 g/mol. The van der Waals surface area contributed by atoms with E-state index in [4.69, 9.17) is 0 Å². The van der Waals surface area contributed by atoms with Crippen LogP contribution in [0.15, 0.2) is 50.5 Å². The zero-order valence-electron chi connectivity index (χ0n) is 10.9. The highest BCUT2D eigenvalue weighted by Crippen LogP contribution is 2.27. The van der Waals surface area contributed by atoms with Crippen molar-refractivity contribution < 1.29 is 0 Å². The van der Waals surface area contributed by atoms with E-state index in [1.54, 1.807) is 11.3 Å². The Kier molecular flexibility index (Phi) is 6.44. The number of benzene rings is 1. The van der Waals surface area contributed by atoms with Gasteiger partial charge in [-0.2, -0.15) is 11.3 Å². The second-order valence-corrected chi connectivity index (χ2v) is 7.12. The van der Waals surface area contributed by atoms with Crippen molar-refractivity contribution >= 4 is 39.0 Å². The fraction of sp³-hybridized carbons (Fsp3) is 0.333. The molecule has 0 radical (unpaired) electrons. The van der Waals surface area contributed by atoms with Crippen LogP contribution in [0.5, 0.6) is 0 Å². The van der Waals surface area contributed by atoms with Gasteiger partial charge >= 0.3 is 0 Å². The molecule has 1 unspecified atom stereocenters. The summed E-state index contributed by atoms with van der Waals surface area (Å²) in [4.78, 5) is 1.31. The van der Waals surface area contributed by atoms with Crippen LogP contribution in [0.25, 0.3) is 0 Å².